The maximum atomic E-state index is 14.6. The number of benzene rings is 1. The van der Waals surface area contributed by atoms with E-state index in [1.807, 2.05) is 30.3 Å². The van der Waals surface area contributed by atoms with Gasteiger partial charge < -0.3 is 19.7 Å². The molecule has 0 radical (unpaired) electrons. The fourth-order valence-electron chi connectivity index (χ4n) is 7.95. The molecule has 13 heteroatoms. The smallest absolute Gasteiger partial charge is 0.306 e. The lowest BCUT2D eigenvalue weighted by Crippen LogP contribution is -2.57. The van der Waals surface area contributed by atoms with E-state index in [2.05, 4.69) is 27.7 Å². The zero-order valence-corrected chi connectivity index (χ0v) is 29.6. The Balaban J connectivity index is 1.20. The van der Waals surface area contributed by atoms with Gasteiger partial charge in [0.15, 0.2) is 0 Å². The van der Waals surface area contributed by atoms with Crippen molar-refractivity contribution in [3.05, 3.63) is 54.8 Å². The largest absolute Gasteiger partial charge is 0.472 e. The van der Waals surface area contributed by atoms with Crippen molar-refractivity contribution in [2.45, 2.75) is 100.0 Å². The second-order valence-electron chi connectivity index (χ2n) is 14.7. The van der Waals surface area contributed by atoms with E-state index in [-0.39, 0.29) is 44.2 Å². The van der Waals surface area contributed by atoms with Crippen molar-refractivity contribution in [3.63, 3.8) is 0 Å². The summed E-state index contributed by atoms with van der Waals surface area (Å²) in [6.45, 7) is 4.12. The number of hydrogen-bond acceptors (Lipinski definition) is 9. The highest BCUT2D eigenvalue weighted by molar-refractivity contribution is 7.91. The molecule has 1 saturated heterocycles. The van der Waals surface area contributed by atoms with Crippen LogP contribution in [0.1, 0.15) is 82.6 Å². The molecule has 1 unspecified atom stereocenters. The molecule has 3 aliphatic carbocycles. The molecule has 1 aromatic heterocycles. The first kappa shape index (κ1) is 35.2. The third-order valence-electron chi connectivity index (χ3n) is 11.1. The first-order valence-corrected chi connectivity index (χ1v) is 19.8. The molecule has 5 atom stereocenters. The predicted octanol–water partition coefficient (Wildman–Crippen LogP) is 4.19. The molecule has 3 amide bonds. The summed E-state index contributed by atoms with van der Waals surface area (Å²) in [4.78, 5) is 61.6. The summed E-state index contributed by atoms with van der Waals surface area (Å²) in [6.07, 6.45) is 13.7. The number of ether oxygens (including phenoxy) is 2. The standard InChI is InChI=1S/C38H46N4O8S/c1-2-27-22-38(27,37(46)41-51(47,48)29-14-15-29)40-34(44)32-20-28-23-42(32)36(45)31(25-10-6-7-11-25)21-33(43)49-18-8-4-3-5-9-24-12-13-26-16-17-39-35(50-28)30(26)19-24/h2,5,9,12-13,16-17,19,25,27-29,31-32H,1,3-4,6-8,10-11,14-15,18,20-23H2,(H,40,44)(H,41,46)/b9-5+/t27-,28-,31?,32+,38-/m1/s1. The molecule has 5 aliphatic rings. The SMILES string of the molecule is C=C[C@@H]1C[C@]1(NC(=O)[C@@H]1C[C@@H]2CN1C(=O)C(C1CCCC1)CC(=O)OCCCC/C=C/c1ccc3ccnc(c3c1)O2)C(=O)NS(=O)(=O)C1CC1. The minimum atomic E-state index is -3.87. The molecule has 1 aromatic carbocycles. The summed E-state index contributed by atoms with van der Waals surface area (Å²) in [6, 6.07) is 6.87. The Morgan fingerprint density at radius 3 is 2.61 bits per heavy atom. The van der Waals surface area contributed by atoms with Crippen molar-refractivity contribution < 1.29 is 37.1 Å². The summed E-state index contributed by atoms with van der Waals surface area (Å²) < 4.78 is 39.7. The van der Waals surface area contributed by atoms with E-state index in [9.17, 15) is 27.6 Å². The Morgan fingerprint density at radius 2 is 1.86 bits per heavy atom. The number of carbonyl (C=O) groups is 4. The van der Waals surface area contributed by atoms with E-state index >= 15 is 0 Å². The number of nitrogens with one attached hydrogen (secondary N) is 2. The van der Waals surface area contributed by atoms with Gasteiger partial charge in [-0.3, -0.25) is 23.9 Å². The normalized spacial score (nSPS) is 29.7. The molecule has 2 aliphatic heterocycles. The topological polar surface area (TPSA) is 161 Å². The fourth-order valence-corrected chi connectivity index (χ4v) is 9.31. The molecule has 4 bridgehead atoms. The van der Waals surface area contributed by atoms with Crippen molar-refractivity contribution in [3.8, 4) is 5.88 Å². The molecule has 2 aromatic rings. The monoisotopic (exact) mass is 718 g/mol. The predicted molar refractivity (Wildman–Crippen MR) is 189 cm³/mol. The lowest BCUT2D eigenvalue weighted by Gasteiger charge is -2.31. The van der Waals surface area contributed by atoms with Crippen LogP contribution in [0.5, 0.6) is 5.88 Å². The van der Waals surface area contributed by atoms with Crippen LogP contribution in [0, 0.1) is 17.8 Å². The van der Waals surface area contributed by atoms with E-state index in [1.54, 1.807) is 6.20 Å². The number of rotatable bonds is 7. The number of cyclic esters (lactones) is 1. The maximum Gasteiger partial charge on any atom is 0.306 e. The number of esters is 1. The summed E-state index contributed by atoms with van der Waals surface area (Å²) in [5, 5.41) is 3.95. The molecule has 7 rings (SSSR count). The van der Waals surface area contributed by atoms with Crippen LogP contribution in [0.25, 0.3) is 16.8 Å². The first-order chi connectivity index (χ1) is 24.6. The van der Waals surface area contributed by atoms with Gasteiger partial charge in [-0.15, -0.1) is 6.58 Å². The van der Waals surface area contributed by atoms with Gasteiger partial charge in [0, 0.05) is 23.9 Å². The van der Waals surface area contributed by atoms with Crippen LogP contribution in [-0.4, -0.2) is 78.1 Å². The number of pyridine rings is 1. The van der Waals surface area contributed by atoms with Crippen molar-refractivity contribution >= 4 is 50.6 Å². The van der Waals surface area contributed by atoms with E-state index in [4.69, 9.17) is 9.47 Å². The van der Waals surface area contributed by atoms with Crippen molar-refractivity contribution in [1.82, 2.24) is 19.9 Å². The number of aromatic nitrogens is 1. The van der Waals surface area contributed by atoms with Crippen LogP contribution in [0.4, 0.5) is 0 Å². The Labute approximate surface area is 298 Å². The van der Waals surface area contributed by atoms with Gasteiger partial charge in [-0.25, -0.2) is 13.4 Å². The molecule has 12 nitrogen and oxygen atoms in total. The van der Waals surface area contributed by atoms with E-state index in [1.165, 1.54) is 11.0 Å². The van der Waals surface area contributed by atoms with Crippen LogP contribution in [-0.2, 0) is 33.9 Å². The minimum absolute atomic E-state index is 0.0375. The van der Waals surface area contributed by atoms with Gasteiger partial charge in [0.25, 0.3) is 5.91 Å². The van der Waals surface area contributed by atoms with Crippen LogP contribution >= 0.6 is 0 Å². The van der Waals surface area contributed by atoms with Gasteiger partial charge in [0.05, 0.1) is 30.7 Å². The van der Waals surface area contributed by atoms with Gasteiger partial charge >= 0.3 is 5.97 Å². The first-order valence-electron chi connectivity index (χ1n) is 18.3. The lowest BCUT2D eigenvalue weighted by atomic mass is 9.86. The highest BCUT2D eigenvalue weighted by Crippen LogP contribution is 2.46. The number of carbonyl (C=O) groups excluding carboxylic acids is 4. The molecule has 3 heterocycles. The van der Waals surface area contributed by atoms with Gasteiger partial charge in [-0.2, -0.15) is 0 Å². The Kier molecular flexibility index (Phi) is 9.93. The summed E-state index contributed by atoms with van der Waals surface area (Å²) in [5.41, 5.74) is -0.534. The van der Waals surface area contributed by atoms with E-state index in [0.717, 1.165) is 54.9 Å². The number of fused-ring (bicyclic) bond motifs is 3. The van der Waals surface area contributed by atoms with Gasteiger partial charge in [-0.05, 0) is 80.4 Å². The van der Waals surface area contributed by atoms with Crippen LogP contribution in [0.3, 0.4) is 0 Å². The highest BCUT2D eigenvalue weighted by atomic mass is 32.2. The average Bonchev–Trinajstić information content (AvgIpc) is 3.99. The summed E-state index contributed by atoms with van der Waals surface area (Å²) in [5.74, 6) is -2.98. The van der Waals surface area contributed by atoms with Crippen molar-refractivity contribution in [2.75, 3.05) is 13.2 Å². The number of nitrogens with zero attached hydrogens (tertiary/aromatic N) is 2. The maximum absolute atomic E-state index is 14.6. The van der Waals surface area contributed by atoms with Crippen molar-refractivity contribution in [2.24, 2.45) is 17.8 Å². The van der Waals surface area contributed by atoms with Gasteiger partial charge in [-0.1, -0.05) is 43.2 Å². The Hall–Kier alpha value is -4.26. The molecule has 4 fully saturated rings. The number of amides is 3. The summed E-state index contributed by atoms with van der Waals surface area (Å²) >= 11 is 0. The summed E-state index contributed by atoms with van der Waals surface area (Å²) in [7, 11) is -3.87. The number of sulfonamides is 1. The zero-order valence-electron chi connectivity index (χ0n) is 28.8. The van der Waals surface area contributed by atoms with Crippen molar-refractivity contribution in [1.29, 1.82) is 0 Å². The van der Waals surface area contributed by atoms with E-state index in [0.29, 0.717) is 25.1 Å². The second-order valence-corrected chi connectivity index (χ2v) is 16.7. The van der Waals surface area contributed by atoms with Crippen LogP contribution < -0.4 is 14.8 Å². The van der Waals surface area contributed by atoms with Gasteiger partial charge in [0.1, 0.15) is 17.7 Å². The Morgan fingerprint density at radius 1 is 1.06 bits per heavy atom. The molecular formula is C38H46N4O8S. The fraction of sp³-hybridized carbons (Fsp3) is 0.553. The number of hydrogen-bond donors (Lipinski definition) is 2. The van der Waals surface area contributed by atoms with E-state index < -0.39 is 62.6 Å². The number of allylic oxidation sites excluding steroid dienone is 1. The van der Waals surface area contributed by atoms with Crippen LogP contribution in [0.15, 0.2) is 49.2 Å². The minimum Gasteiger partial charge on any atom is -0.472 e. The highest BCUT2D eigenvalue weighted by Gasteiger charge is 2.62. The molecule has 0 spiro atoms. The zero-order chi connectivity index (χ0) is 35.8. The molecule has 3 saturated carbocycles. The Bertz CT molecular complexity index is 1850. The van der Waals surface area contributed by atoms with Gasteiger partial charge in [0.2, 0.25) is 27.7 Å². The molecule has 2 N–H and O–H groups in total. The molecular weight excluding hydrogens is 673 g/mol. The average molecular weight is 719 g/mol. The second kappa shape index (κ2) is 14.4. The van der Waals surface area contributed by atoms with Crippen LogP contribution in [0.2, 0.25) is 0 Å². The molecule has 51 heavy (non-hydrogen) atoms. The third kappa shape index (κ3) is 7.54. The lowest BCUT2D eigenvalue weighted by molar-refractivity contribution is -0.152. The third-order valence-corrected chi connectivity index (χ3v) is 13.0. The molecule has 272 valence electrons. The quantitative estimate of drug-likeness (QED) is 0.316.